The van der Waals surface area contributed by atoms with Crippen molar-refractivity contribution in [3.63, 3.8) is 0 Å². The van der Waals surface area contributed by atoms with Crippen LogP contribution in [-0.4, -0.2) is 12.2 Å². The number of thiocarbonyl (C=S) groups is 1. The Morgan fingerprint density at radius 2 is 1.65 bits per heavy atom. The van der Waals surface area contributed by atoms with Crippen molar-refractivity contribution in [2.75, 3.05) is 17.7 Å². The molecule has 23 heavy (non-hydrogen) atoms. The van der Waals surface area contributed by atoms with Crippen molar-refractivity contribution in [1.82, 2.24) is 0 Å². The third-order valence-corrected chi connectivity index (χ3v) is 3.20. The molecule has 0 aliphatic heterocycles. The molecular weight excluding hydrogens is 356 g/mol. The quantitative estimate of drug-likeness (QED) is 0.469. The van der Waals surface area contributed by atoms with Crippen LogP contribution in [-0.2, 0) is 0 Å². The lowest BCUT2D eigenvalue weighted by Gasteiger charge is -2.15. The predicted octanol–water partition coefficient (Wildman–Crippen LogP) is 4.71. The standard InChI is InChI=1S/C14H9ClF4N2OS/c1-22-10-3-2-6(15)4-9(10)20-14(23)21-13-11(18)7(16)5-8(17)12(13)19/h2-5H,1H3,(H2,20,21,23). The van der Waals surface area contributed by atoms with Crippen molar-refractivity contribution in [3.05, 3.63) is 52.6 Å². The highest BCUT2D eigenvalue weighted by molar-refractivity contribution is 7.80. The summed E-state index contributed by atoms with van der Waals surface area (Å²) in [4.78, 5) is 0. The number of methoxy groups -OCH3 is 1. The lowest BCUT2D eigenvalue weighted by atomic mass is 10.2. The van der Waals surface area contributed by atoms with E-state index in [0.717, 1.165) is 0 Å². The second kappa shape index (κ2) is 7.01. The van der Waals surface area contributed by atoms with Crippen LogP contribution < -0.4 is 15.4 Å². The van der Waals surface area contributed by atoms with E-state index in [1.54, 1.807) is 6.07 Å². The van der Waals surface area contributed by atoms with Gasteiger partial charge in [0, 0.05) is 11.1 Å². The molecule has 0 saturated carbocycles. The van der Waals surface area contributed by atoms with E-state index in [2.05, 4.69) is 10.6 Å². The molecule has 0 atom stereocenters. The van der Waals surface area contributed by atoms with Gasteiger partial charge in [0.05, 0.1) is 12.8 Å². The average molecular weight is 365 g/mol. The van der Waals surface area contributed by atoms with Crippen molar-refractivity contribution in [2.45, 2.75) is 0 Å². The molecule has 2 N–H and O–H groups in total. The van der Waals surface area contributed by atoms with Crippen LogP contribution in [0.3, 0.4) is 0 Å². The van der Waals surface area contributed by atoms with Gasteiger partial charge >= 0.3 is 0 Å². The molecular formula is C14H9ClF4N2OS. The summed E-state index contributed by atoms with van der Waals surface area (Å²) >= 11 is 10.7. The Balaban J connectivity index is 2.26. The second-order valence-electron chi connectivity index (χ2n) is 4.27. The van der Waals surface area contributed by atoms with Gasteiger partial charge in [0.2, 0.25) is 0 Å². The van der Waals surface area contributed by atoms with E-state index in [1.165, 1.54) is 19.2 Å². The minimum Gasteiger partial charge on any atom is -0.495 e. The number of ether oxygens (including phenoxy) is 1. The zero-order chi connectivity index (χ0) is 17.1. The van der Waals surface area contributed by atoms with Crippen molar-refractivity contribution >= 4 is 40.3 Å². The van der Waals surface area contributed by atoms with Crippen molar-refractivity contribution in [3.8, 4) is 5.75 Å². The average Bonchev–Trinajstić information content (AvgIpc) is 2.50. The Morgan fingerprint density at radius 1 is 1.04 bits per heavy atom. The van der Waals surface area contributed by atoms with Crippen molar-refractivity contribution < 1.29 is 22.3 Å². The number of rotatable bonds is 3. The Labute approximate surface area is 139 Å². The zero-order valence-electron chi connectivity index (χ0n) is 11.5. The SMILES string of the molecule is COc1ccc(Cl)cc1NC(=S)Nc1c(F)c(F)cc(F)c1F. The van der Waals surface area contributed by atoms with Crippen LogP contribution in [0.2, 0.25) is 5.02 Å². The van der Waals surface area contributed by atoms with Gasteiger partial charge in [-0.25, -0.2) is 17.6 Å². The van der Waals surface area contributed by atoms with Gasteiger partial charge in [0.1, 0.15) is 11.4 Å². The van der Waals surface area contributed by atoms with Crippen LogP contribution in [0, 0.1) is 23.3 Å². The number of benzene rings is 2. The molecule has 2 rings (SSSR count). The highest BCUT2D eigenvalue weighted by atomic mass is 35.5. The van der Waals surface area contributed by atoms with E-state index in [9.17, 15) is 17.6 Å². The molecule has 9 heteroatoms. The number of hydrogen-bond acceptors (Lipinski definition) is 2. The fraction of sp³-hybridized carbons (Fsp3) is 0.0714. The molecule has 2 aromatic rings. The Kier molecular flexibility index (Phi) is 5.27. The van der Waals surface area contributed by atoms with E-state index in [0.29, 0.717) is 16.5 Å². The molecule has 2 aromatic carbocycles. The largest absolute Gasteiger partial charge is 0.495 e. The second-order valence-corrected chi connectivity index (χ2v) is 5.11. The van der Waals surface area contributed by atoms with Gasteiger partial charge in [-0.1, -0.05) is 11.6 Å². The molecule has 0 fully saturated rings. The maximum atomic E-state index is 13.6. The summed E-state index contributed by atoms with van der Waals surface area (Å²) in [5.41, 5.74) is -0.740. The zero-order valence-corrected chi connectivity index (χ0v) is 13.1. The summed E-state index contributed by atoms with van der Waals surface area (Å²) < 4.78 is 58.5. The van der Waals surface area contributed by atoms with Crippen molar-refractivity contribution in [1.29, 1.82) is 0 Å². The molecule has 0 unspecified atom stereocenters. The smallest absolute Gasteiger partial charge is 0.185 e. The Hall–Kier alpha value is -2.06. The van der Waals surface area contributed by atoms with Crippen LogP contribution in [0.5, 0.6) is 5.75 Å². The molecule has 0 amide bonds. The molecule has 0 aliphatic carbocycles. The lowest BCUT2D eigenvalue weighted by Crippen LogP contribution is -2.21. The summed E-state index contributed by atoms with van der Waals surface area (Å²) in [6.07, 6.45) is 0. The van der Waals surface area contributed by atoms with Crippen LogP contribution in [0.25, 0.3) is 0 Å². The highest BCUT2D eigenvalue weighted by Gasteiger charge is 2.20. The number of halogens is 5. The van der Waals surface area contributed by atoms with Gasteiger partial charge in [-0.3, -0.25) is 0 Å². The first-order valence-electron chi connectivity index (χ1n) is 6.08. The van der Waals surface area contributed by atoms with Gasteiger partial charge in [-0.15, -0.1) is 0 Å². The molecule has 0 radical (unpaired) electrons. The number of hydrogen-bond donors (Lipinski definition) is 2. The monoisotopic (exact) mass is 364 g/mol. The third kappa shape index (κ3) is 3.83. The first-order valence-corrected chi connectivity index (χ1v) is 6.86. The summed E-state index contributed by atoms with van der Waals surface area (Å²) in [5, 5.41) is 4.69. The molecule has 0 aliphatic rings. The first kappa shape index (κ1) is 17.3. The Morgan fingerprint density at radius 3 is 2.22 bits per heavy atom. The minimum atomic E-state index is -1.59. The molecule has 0 aromatic heterocycles. The predicted molar refractivity (Wildman–Crippen MR) is 84.1 cm³/mol. The molecule has 122 valence electrons. The highest BCUT2D eigenvalue weighted by Crippen LogP contribution is 2.29. The fourth-order valence-electron chi connectivity index (χ4n) is 1.73. The molecule has 0 saturated heterocycles. The molecule has 0 heterocycles. The van der Waals surface area contributed by atoms with Crippen LogP contribution in [0.15, 0.2) is 24.3 Å². The summed E-state index contributed by atoms with van der Waals surface area (Å²) in [5.74, 6) is -5.92. The molecule has 0 bridgehead atoms. The summed E-state index contributed by atoms with van der Waals surface area (Å²) in [6, 6.07) is 4.65. The van der Waals surface area contributed by atoms with Gasteiger partial charge in [-0.05, 0) is 30.4 Å². The third-order valence-electron chi connectivity index (χ3n) is 2.76. The topological polar surface area (TPSA) is 33.3 Å². The number of nitrogens with one attached hydrogen (secondary N) is 2. The maximum Gasteiger partial charge on any atom is 0.185 e. The molecule has 3 nitrogen and oxygen atoms in total. The van der Waals surface area contributed by atoms with E-state index < -0.39 is 29.0 Å². The normalized spacial score (nSPS) is 10.3. The van der Waals surface area contributed by atoms with Gasteiger partial charge in [0.25, 0.3) is 0 Å². The van der Waals surface area contributed by atoms with E-state index in [-0.39, 0.29) is 11.2 Å². The minimum absolute atomic E-state index is 0.103. The van der Waals surface area contributed by atoms with E-state index in [1.807, 2.05) is 0 Å². The van der Waals surface area contributed by atoms with Gasteiger partial charge in [0.15, 0.2) is 28.4 Å². The number of anilines is 2. The maximum absolute atomic E-state index is 13.6. The van der Waals surface area contributed by atoms with Crippen LogP contribution >= 0.6 is 23.8 Å². The lowest BCUT2D eigenvalue weighted by molar-refractivity contribution is 0.417. The van der Waals surface area contributed by atoms with Crippen LogP contribution in [0.1, 0.15) is 0 Å². The molecule has 0 spiro atoms. The fourth-order valence-corrected chi connectivity index (χ4v) is 2.11. The van der Waals surface area contributed by atoms with Crippen molar-refractivity contribution in [2.24, 2.45) is 0 Å². The van der Waals surface area contributed by atoms with Gasteiger partial charge < -0.3 is 15.4 Å². The van der Waals surface area contributed by atoms with Crippen LogP contribution in [0.4, 0.5) is 28.9 Å². The summed E-state index contributed by atoms with van der Waals surface area (Å²) in [7, 11) is 1.40. The van der Waals surface area contributed by atoms with E-state index in [4.69, 9.17) is 28.6 Å². The van der Waals surface area contributed by atoms with E-state index >= 15 is 0 Å². The Bertz CT molecular complexity index is 747. The summed E-state index contributed by atoms with van der Waals surface area (Å²) in [6.45, 7) is 0. The first-order chi connectivity index (χ1) is 10.8. The van der Waals surface area contributed by atoms with Gasteiger partial charge in [-0.2, -0.15) is 0 Å².